The highest BCUT2D eigenvalue weighted by molar-refractivity contribution is 7.99. The van der Waals surface area contributed by atoms with Gasteiger partial charge in [-0.25, -0.2) is 4.98 Å². The molecule has 0 spiro atoms. The first-order chi connectivity index (χ1) is 14.0. The predicted octanol–water partition coefficient (Wildman–Crippen LogP) is 4.74. The lowest BCUT2D eigenvalue weighted by Crippen LogP contribution is -2.26. The zero-order valence-electron chi connectivity index (χ0n) is 15.6. The van der Waals surface area contributed by atoms with Gasteiger partial charge in [-0.15, -0.1) is 0 Å². The van der Waals surface area contributed by atoms with E-state index in [0.717, 1.165) is 10.6 Å². The van der Waals surface area contributed by atoms with Crippen LogP contribution in [0, 0.1) is 0 Å². The molecule has 4 rings (SSSR count). The van der Waals surface area contributed by atoms with Crippen molar-refractivity contribution in [1.82, 2.24) is 4.98 Å². The highest BCUT2D eigenvalue weighted by Crippen LogP contribution is 2.40. The lowest BCUT2D eigenvalue weighted by Gasteiger charge is -2.18. The summed E-state index contributed by atoms with van der Waals surface area (Å²) in [6.07, 6.45) is 1.64. The summed E-state index contributed by atoms with van der Waals surface area (Å²) in [5.41, 5.74) is 2.17. The van der Waals surface area contributed by atoms with E-state index in [1.54, 1.807) is 66.7 Å². The van der Waals surface area contributed by atoms with Crippen LogP contribution >= 0.6 is 23.4 Å². The number of benzene rings is 2. The molecule has 146 valence electrons. The van der Waals surface area contributed by atoms with Crippen LogP contribution in [0.3, 0.4) is 0 Å². The van der Waals surface area contributed by atoms with E-state index in [4.69, 9.17) is 16.3 Å². The average Bonchev–Trinajstić information content (AvgIpc) is 2.83. The van der Waals surface area contributed by atoms with Gasteiger partial charge in [0.15, 0.2) is 0 Å². The van der Waals surface area contributed by atoms with Crippen molar-refractivity contribution < 1.29 is 14.3 Å². The Hall–Kier alpha value is -3.03. The monoisotopic (exact) mass is 425 g/mol. The van der Waals surface area contributed by atoms with Gasteiger partial charge in [-0.1, -0.05) is 23.4 Å². The molecule has 1 N–H and O–H groups in total. The van der Waals surface area contributed by atoms with Crippen molar-refractivity contribution in [2.75, 3.05) is 24.4 Å². The molecule has 1 aliphatic rings. The fourth-order valence-corrected chi connectivity index (χ4v) is 4.27. The maximum Gasteiger partial charge on any atom is 0.260 e. The molecule has 1 aromatic heterocycles. The Morgan fingerprint density at radius 3 is 2.83 bits per heavy atom. The summed E-state index contributed by atoms with van der Waals surface area (Å²) >= 11 is 7.40. The fraction of sp³-hybridized carbons (Fsp3) is 0.0952. The molecule has 0 unspecified atom stereocenters. The molecule has 0 aliphatic carbocycles. The second-order valence-electron chi connectivity index (χ2n) is 6.30. The summed E-state index contributed by atoms with van der Waals surface area (Å²) in [6.45, 7) is 0. The third-order valence-electron chi connectivity index (χ3n) is 4.51. The summed E-state index contributed by atoms with van der Waals surface area (Å²) in [6, 6.07) is 13.7. The number of pyridine rings is 1. The molecule has 2 amide bonds. The van der Waals surface area contributed by atoms with Crippen LogP contribution in [0.5, 0.6) is 5.75 Å². The Kier molecular flexibility index (Phi) is 5.17. The minimum atomic E-state index is -0.312. The Labute approximate surface area is 176 Å². The number of fused-ring (bicyclic) bond motifs is 2. The van der Waals surface area contributed by atoms with Crippen LogP contribution in [0.2, 0.25) is 5.02 Å². The predicted molar refractivity (Wildman–Crippen MR) is 113 cm³/mol. The number of ether oxygens (including phenoxy) is 1. The number of hydrogen-bond donors (Lipinski definition) is 1. The minimum Gasteiger partial charge on any atom is -0.495 e. The van der Waals surface area contributed by atoms with Gasteiger partial charge in [0, 0.05) is 28.7 Å². The molecule has 0 saturated heterocycles. The molecule has 0 radical (unpaired) electrons. The fourth-order valence-electron chi connectivity index (χ4n) is 3.02. The lowest BCUT2D eigenvalue weighted by atomic mass is 10.1. The third kappa shape index (κ3) is 3.66. The molecule has 2 heterocycles. The van der Waals surface area contributed by atoms with Crippen LogP contribution in [0.15, 0.2) is 64.6 Å². The first-order valence-electron chi connectivity index (χ1n) is 8.68. The number of rotatable bonds is 3. The Bertz CT molecular complexity index is 1140. The SMILES string of the molecule is COc1ccc(Cl)cc1NC(=O)c1ccc2c(c1)Sc1ncccc1C(=O)N2C. The van der Waals surface area contributed by atoms with Gasteiger partial charge in [-0.2, -0.15) is 0 Å². The summed E-state index contributed by atoms with van der Waals surface area (Å²) in [5, 5.41) is 3.92. The molecule has 0 bridgehead atoms. The van der Waals surface area contributed by atoms with E-state index < -0.39 is 0 Å². The van der Waals surface area contributed by atoms with E-state index in [-0.39, 0.29) is 11.8 Å². The first-order valence-corrected chi connectivity index (χ1v) is 9.87. The van der Waals surface area contributed by atoms with Crippen LogP contribution in [-0.2, 0) is 0 Å². The van der Waals surface area contributed by atoms with E-state index in [1.165, 1.54) is 18.9 Å². The first kappa shape index (κ1) is 19.3. The molecule has 0 fully saturated rings. The molecular weight excluding hydrogens is 410 g/mol. The van der Waals surface area contributed by atoms with Gasteiger partial charge in [0.2, 0.25) is 0 Å². The van der Waals surface area contributed by atoms with Crippen molar-refractivity contribution in [2.45, 2.75) is 9.92 Å². The van der Waals surface area contributed by atoms with Crippen molar-refractivity contribution >= 4 is 46.6 Å². The number of carbonyl (C=O) groups excluding carboxylic acids is 2. The van der Waals surface area contributed by atoms with Gasteiger partial charge in [0.1, 0.15) is 10.8 Å². The zero-order chi connectivity index (χ0) is 20.5. The van der Waals surface area contributed by atoms with Crippen LogP contribution in [0.1, 0.15) is 20.7 Å². The number of nitrogens with zero attached hydrogens (tertiary/aromatic N) is 2. The molecule has 3 aromatic rings. The van der Waals surface area contributed by atoms with Gasteiger partial charge < -0.3 is 15.0 Å². The second-order valence-corrected chi connectivity index (χ2v) is 7.77. The molecule has 1 aliphatic heterocycles. The highest BCUT2D eigenvalue weighted by atomic mass is 35.5. The largest absolute Gasteiger partial charge is 0.495 e. The summed E-state index contributed by atoms with van der Waals surface area (Å²) in [5.74, 6) is 0.0593. The molecule has 2 aromatic carbocycles. The third-order valence-corrected chi connectivity index (χ3v) is 5.81. The number of carbonyl (C=O) groups is 2. The molecule has 0 saturated carbocycles. The van der Waals surface area contributed by atoms with E-state index in [1.807, 2.05) is 0 Å². The Morgan fingerprint density at radius 2 is 2.03 bits per heavy atom. The van der Waals surface area contributed by atoms with Gasteiger partial charge in [-0.3, -0.25) is 9.59 Å². The van der Waals surface area contributed by atoms with E-state index in [0.29, 0.717) is 32.6 Å². The van der Waals surface area contributed by atoms with Crippen LogP contribution in [0.25, 0.3) is 0 Å². The van der Waals surface area contributed by atoms with Gasteiger partial charge in [0.05, 0.1) is 24.0 Å². The number of amides is 2. The number of aromatic nitrogens is 1. The topological polar surface area (TPSA) is 71.5 Å². The van der Waals surface area contributed by atoms with Crippen LogP contribution in [0.4, 0.5) is 11.4 Å². The molecule has 0 atom stereocenters. The molecule has 8 heteroatoms. The summed E-state index contributed by atoms with van der Waals surface area (Å²) < 4.78 is 5.28. The highest BCUT2D eigenvalue weighted by Gasteiger charge is 2.26. The zero-order valence-corrected chi connectivity index (χ0v) is 17.2. The molecule has 6 nitrogen and oxygen atoms in total. The van der Waals surface area contributed by atoms with Crippen LogP contribution in [-0.4, -0.2) is 31.0 Å². The number of hydrogen-bond acceptors (Lipinski definition) is 5. The number of nitrogens with one attached hydrogen (secondary N) is 1. The summed E-state index contributed by atoms with van der Waals surface area (Å²) in [4.78, 5) is 32.2. The van der Waals surface area contributed by atoms with Crippen molar-refractivity contribution in [3.05, 3.63) is 70.9 Å². The van der Waals surface area contributed by atoms with Crippen molar-refractivity contribution in [3.63, 3.8) is 0 Å². The minimum absolute atomic E-state index is 0.139. The lowest BCUT2D eigenvalue weighted by molar-refractivity contribution is 0.0988. The van der Waals surface area contributed by atoms with Gasteiger partial charge in [-0.05, 0) is 48.5 Å². The Morgan fingerprint density at radius 1 is 1.21 bits per heavy atom. The number of methoxy groups -OCH3 is 1. The van der Waals surface area contributed by atoms with E-state index in [2.05, 4.69) is 10.3 Å². The quantitative estimate of drug-likeness (QED) is 0.656. The maximum absolute atomic E-state index is 12.8. The van der Waals surface area contributed by atoms with Crippen molar-refractivity contribution in [3.8, 4) is 5.75 Å². The Balaban J connectivity index is 1.69. The number of anilines is 2. The maximum atomic E-state index is 12.8. The van der Waals surface area contributed by atoms with Gasteiger partial charge in [0.25, 0.3) is 11.8 Å². The summed E-state index contributed by atoms with van der Waals surface area (Å²) in [7, 11) is 3.23. The van der Waals surface area contributed by atoms with Crippen molar-refractivity contribution in [2.24, 2.45) is 0 Å². The number of halogens is 1. The van der Waals surface area contributed by atoms with Crippen LogP contribution < -0.4 is 15.0 Å². The van der Waals surface area contributed by atoms with E-state index >= 15 is 0 Å². The molecular formula is C21H16ClN3O3S. The normalized spacial score (nSPS) is 12.7. The van der Waals surface area contributed by atoms with E-state index in [9.17, 15) is 9.59 Å². The average molecular weight is 426 g/mol. The standard InChI is InChI=1S/C21H16ClN3O3S/c1-25-16-7-5-12(19(26)24-15-11-13(22)6-8-17(15)28-2)10-18(16)29-20-14(21(25)27)4-3-9-23-20/h3-11H,1-2H3,(H,24,26). The second kappa shape index (κ2) is 7.77. The van der Waals surface area contributed by atoms with Gasteiger partial charge >= 0.3 is 0 Å². The van der Waals surface area contributed by atoms with Crippen molar-refractivity contribution in [1.29, 1.82) is 0 Å². The smallest absolute Gasteiger partial charge is 0.260 e. The molecule has 29 heavy (non-hydrogen) atoms.